The molecule has 0 spiro atoms. The van der Waals surface area contributed by atoms with E-state index in [1.807, 2.05) is 0 Å². The average Bonchev–Trinajstić information content (AvgIpc) is 2.21. The van der Waals surface area contributed by atoms with Crippen LogP contribution in [0.5, 0.6) is 0 Å². The molecule has 2 aromatic rings. The zero-order valence-electron chi connectivity index (χ0n) is 8.67. The van der Waals surface area contributed by atoms with E-state index in [0.717, 1.165) is 6.07 Å². The minimum atomic E-state index is -1.41. The van der Waals surface area contributed by atoms with Gasteiger partial charge < -0.3 is 10.1 Å². The summed E-state index contributed by atoms with van der Waals surface area (Å²) < 4.78 is 25.9. The highest BCUT2D eigenvalue weighted by Gasteiger charge is 2.17. The Labute approximate surface area is 93.5 Å². The Morgan fingerprint density at radius 3 is 2.47 bits per heavy atom. The Morgan fingerprint density at radius 1 is 1.29 bits per heavy atom. The number of carboxylic acids is 1. The molecule has 6 heteroatoms. The molecule has 0 atom stereocenters. The maximum Gasteiger partial charge on any atom is 0.341 e. The van der Waals surface area contributed by atoms with Gasteiger partial charge in [-0.2, -0.15) is 0 Å². The number of halogens is 2. The van der Waals surface area contributed by atoms with Crippen LogP contribution in [-0.4, -0.2) is 16.1 Å². The van der Waals surface area contributed by atoms with Crippen molar-refractivity contribution >= 4 is 16.9 Å². The molecule has 88 valence electrons. The fourth-order valence-corrected chi connectivity index (χ4v) is 1.67. The van der Waals surface area contributed by atoms with Crippen molar-refractivity contribution in [2.24, 2.45) is 0 Å². The Hall–Kier alpha value is -2.24. The van der Waals surface area contributed by atoms with Crippen LogP contribution in [0.25, 0.3) is 10.9 Å². The van der Waals surface area contributed by atoms with Gasteiger partial charge in [0.1, 0.15) is 5.56 Å². The zero-order chi connectivity index (χ0) is 12.7. The molecule has 2 rings (SSSR count). The number of aromatic carboxylic acids is 1. The lowest BCUT2D eigenvalue weighted by Gasteiger charge is -2.04. The predicted molar refractivity (Wildman–Crippen MR) is 56.2 cm³/mol. The van der Waals surface area contributed by atoms with Gasteiger partial charge in [0, 0.05) is 17.1 Å². The van der Waals surface area contributed by atoms with Crippen molar-refractivity contribution in [3.05, 3.63) is 45.2 Å². The van der Waals surface area contributed by atoms with Crippen LogP contribution in [0.2, 0.25) is 0 Å². The number of aromatic amines is 1. The third-order valence-electron chi connectivity index (χ3n) is 2.44. The molecule has 0 aliphatic rings. The summed E-state index contributed by atoms with van der Waals surface area (Å²) in [6.07, 6.45) is 0. The van der Waals surface area contributed by atoms with Gasteiger partial charge in [-0.25, -0.2) is 13.6 Å². The average molecular weight is 239 g/mol. The molecule has 0 saturated carbocycles. The van der Waals surface area contributed by atoms with Gasteiger partial charge in [-0.3, -0.25) is 4.79 Å². The summed E-state index contributed by atoms with van der Waals surface area (Å²) in [5.74, 6) is -3.70. The number of nitrogens with one attached hydrogen (secondary N) is 1. The largest absolute Gasteiger partial charge is 0.477 e. The fraction of sp³-hybridized carbons (Fsp3) is 0.0909. The number of H-pyrrole nitrogens is 1. The maximum absolute atomic E-state index is 13.0. The normalized spacial score (nSPS) is 10.8. The Balaban J connectivity index is 2.98. The molecule has 2 N–H and O–H groups in total. The maximum atomic E-state index is 13.0. The summed E-state index contributed by atoms with van der Waals surface area (Å²) in [6.45, 7) is 1.38. The number of hydrogen-bond acceptors (Lipinski definition) is 2. The van der Waals surface area contributed by atoms with Gasteiger partial charge >= 0.3 is 5.97 Å². The lowest BCUT2D eigenvalue weighted by molar-refractivity contribution is 0.0694. The van der Waals surface area contributed by atoms with Crippen molar-refractivity contribution in [3.63, 3.8) is 0 Å². The van der Waals surface area contributed by atoms with E-state index in [4.69, 9.17) is 5.11 Å². The quantitative estimate of drug-likeness (QED) is 0.797. The Kier molecular flexibility index (Phi) is 2.42. The molecule has 0 unspecified atom stereocenters. The summed E-state index contributed by atoms with van der Waals surface area (Å²) in [5.41, 5.74) is -1.14. The number of aryl methyl sites for hydroxylation is 1. The highest BCUT2D eigenvalue weighted by Crippen LogP contribution is 2.15. The molecule has 0 aliphatic carbocycles. The second-order valence-corrected chi connectivity index (χ2v) is 3.57. The fourth-order valence-electron chi connectivity index (χ4n) is 1.67. The van der Waals surface area contributed by atoms with E-state index in [1.165, 1.54) is 6.92 Å². The third-order valence-corrected chi connectivity index (χ3v) is 2.44. The first-order valence-electron chi connectivity index (χ1n) is 4.66. The van der Waals surface area contributed by atoms with Crippen LogP contribution in [-0.2, 0) is 0 Å². The lowest BCUT2D eigenvalue weighted by Crippen LogP contribution is -2.18. The molecule has 1 heterocycles. The van der Waals surface area contributed by atoms with Gasteiger partial charge in [-0.05, 0) is 13.0 Å². The summed E-state index contributed by atoms with van der Waals surface area (Å²) in [6, 6.07) is 1.51. The minimum absolute atomic E-state index is 0.0661. The van der Waals surface area contributed by atoms with Gasteiger partial charge in [0.2, 0.25) is 5.43 Å². The zero-order valence-corrected chi connectivity index (χ0v) is 8.67. The standard InChI is InChI=1S/C11H7F2NO3/c1-4-9(11(16)17)10(15)5-2-6(12)7(13)3-8(5)14-4/h2-3H,1H3,(H,14,15)(H,16,17). The Bertz CT molecular complexity index is 691. The number of hydrogen-bond donors (Lipinski definition) is 2. The summed E-state index contributed by atoms with van der Waals surface area (Å²) in [5, 5.41) is 8.65. The molecule has 0 fully saturated rings. The van der Waals surface area contributed by atoms with Crippen molar-refractivity contribution in [2.75, 3.05) is 0 Å². The van der Waals surface area contributed by atoms with Gasteiger partial charge in [0.25, 0.3) is 0 Å². The second kappa shape index (κ2) is 3.65. The van der Waals surface area contributed by atoms with Crippen molar-refractivity contribution in [1.82, 2.24) is 4.98 Å². The summed E-state index contributed by atoms with van der Waals surface area (Å²) in [4.78, 5) is 25.2. The van der Waals surface area contributed by atoms with Gasteiger partial charge in [-0.15, -0.1) is 0 Å². The summed E-state index contributed by atoms with van der Waals surface area (Å²) in [7, 11) is 0. The van der Waals surface area contributed by atoms with E-state index in [-0.39, 0.29) is 16.6 Å². The number of rotatable bonds is 1. The number of aromatic nitrogens is 1. The minimum Gasteiger partial charge on any atom is -0.477 e. The molecule has 0 amide bonds. The second-order valence-electron chi connectivity index (χ2n) is 3.57. The molecule has 0 bridgehead atoms. The molecule has 17 heavy (non-hydrogen) atoms. The molecule has 0 radical (unpaired) electrons. The van der Waals surface area contributed by atoms with E-state index in [2.05, 4.69) is 4.98 Å². The van der Waals surface area contributed by atoms with Crippen LogP contribution in [0.1, 0.15) is 16.1 Å². The van der Waals surface area contributed by atoms with Crippen molar-refractivity contribution in [1.29, 1.82) is 0 Å². The SMILES string of the molecule is Cc1[nH]c2cc(F)c(F)cc2c(=O)c1C(=O)O. The van der Waals surface area contributed by atoms with E-state index in [0.29, 0.717) is 6.07 Å². The number of benzene rings is 1. The molecular formula is C11H7F2NO3. The first-order valence-corrected chi connectivity index (χ1v) is 4.66. The van der Waals surface area contributed by atoms with Crippen LogP contribution >= 0.6 is 0 Å². The first-order chi connectivity index (χ1) is 7.91. The van der Waals surface area contributed by atoms with Gasteiger partial charge in [0.15, 0.2) is 11.6 Å². The van der Waals surface area contributed by atoms with E-state index in [9.17, 15) is 18.4 Å². The van der Waals surface area contributed by atoms with Crippen molar-refractivity contribution in [2.45, 2.75) is 6.92 Å². The predicted octanol–water partition coefficient (Wildman–Crippen LogP) is 1.81. The smallest absolute Gasteiger partial charge is 0.341 e. The van der Waals surface area contributed by atoms with Crippen molar-refractivity contribution < 1.29 is 18.7 Å². The number of pyridine rings is 1. The topological polar surface area (TPSA) is 70.2 Å². The third kappa shape index (κ3) is 1.67. The number of carbonyl (C=O) groups is 1. The molecule has 4 nitrogen and oxygen atoms in total. The molecule has 1 aromatic heterocycles. The molecule has 1 aromatic carbocycles. The lowest BCUT2D eigenvalue weighted by atomic mass is 10.1. The Morgan fingerprint density at radius 2 is 1.88 bits per heavy atom. The van der Waals surface area contributed by atoms with E-state index < -0.39 is 28.6 Å². The van der Waals surface area contributed by atoms with Crippen LogP contribution < -0.4 is 5.43 Å². The molecule has 0 saturated heterocycles. The monoisotopic (exact) mass is 239 g/mol. The number of carboxylic acid groups (broad SMARTS) is 1. The first kappa shape index (κ1) is 11.3. The number of fused-ring (bicyclic) bond motifs is 1. The van der Waals surface area contributed by atoms with E-state index in [1.54, 1.807) is 0 Å². The van der Waals surface area contributed by atoms with Crippen LogP contribution in [0.4, 0.5) is 8.78 Å². The van der Waals surface area contributed by atoms with Crippen LogP contribution in [0.15, 0.2) is 16.9 Å². The van der Waals surface area contributed by atoms with Gasteiger partial charge in [0.05, 0.1) is 5.52 Å². The molecular weight excluding hydrogens is 232 g/mol. The van der Waals surface area contributed by atoms with Crippen LogP contribution in [0.3, 0.4) is 0 Å². The van der Waals surface area contributed by atoms with Crippen molar-refractivity contribution in [3.8, 4) is 0 Å². The van der Waals surface area contributed by atoms with Crippen LogP contribution in [0, 0.1) is 18.6 Å². The molecule has 0 aliphatic heterocycles. The van der Waals surface area contributed by atoms with E-state index >= 15 is 0 Å². The summed E-state index contributed by atoms with van der Waals surface area (Å²) >= 11 is 0. The van der Waals surface area contributed by atoms with Gasteiger partial charge in [-0.1, -0.05) is 0 Å². The highest BCUT2D eigenvalue weighted by molar-refractivity contribution is 5.93. The highest BCUT2D eigenvalue weighted by atomic mass is 19.2.